The first-order valence-electron chi connectivity index (χ1n) is 9.83. The highest BCUT2D eigenvalue weighted by atomic mass is 32.1. The van der Waals surface area contributed by atoms with E-state index in [1.165, 1.54) is 17.4 Å². The van der Waals surface area contributed by atoms with Crippen LogP contribution in [0.5, 0.6) is 0 Å². The lowest BCUT2D eigenvalue weighted by Gasteiger charge is -2.22. The molecule has 1 atom stereocenters. The predicted molar refractivity (Wildman–Crippen MR) is 114 cm³/mol. The van der Waals surface area contributed by atoms with Crippen molar-refractivity contribution in [3.8, 4) is 11.3 Å². The number of carbonyl (C=O) groups is 1. The van der Waals surface area contributed by atoms with Crippen LogP contribution in [0.25, 0.3) is 21.5 Å². The first-order chi connectivity index (χ1) is 14.7. The van der Waals surface area contributed by atoms with E-state index in [4.69, 9.17) is 9.15 Å². The van der Waals surface area contributed by atoms with Crippen LogP contribution in [0, 0.1) is 5.82 Å². The number of halogens is 1. The monoisotopic (exact) mass is 422 g/mol. The summed E-state index contributed by atoms with van der Waals surface area (Å²) in [5.74, 6) is -0.247. The van der Waals surface area contributed by atoms with E-state index in [1.54, 1.807) is 35.2 Å². The summed E-state index contributed by atoms with van der Waals surface area (Å²) in [5, 5.41) is 0.598. The molecule has 0 bridgehead atoms. The summed E-state index contributed by atoms with van der Waals surface area (Å²) in [5.41, 5.74) is 1.16. The second-order valence-corrected chi connectivity index (χ2v) is 8.17. The van der Waals surface area contributed by atoms with Gasteiger partial charge in [0.2, 0.25) is 0 Å². The van der Waals surface area contributed by atoms with Crippen LogP contribution < -0.4 is 4.90 Å². The zero-order chi connectivity index (χ0) is 20.5. The van der Waals surface area contributed by atoms with E-state index in [0.29, 0.717) is 29.6 Å². The Morgan fingerprint density at radius 1 is 1.13 bits per heavy atom. The summed E-state index contributed by atoms with van der Waals surface area (Å²) in [6.07, 6.45) is 1.83. The molecule has 1 amide bonds. The number of benzene rings is 2. The number of aromatic nitrogens is 1. The van der Waals surface area contributed by atoms with Crippen LogP contribution in [0.4, 0.5) is 9.52 Å². The zero-order valence-corrected chi connectivity index (χ0v) is 16.9. The molecule has 1 saturated heterocycles. The van der Waals surface area contributed by atoms with E-state index in [1.807, 2.05) is 24.3 Å². The SMILES string of the molecule is O=C(c1ccc(-c2ccccc2F)o1)N(C[C@@H]1CCCO1)c1nc2ccccc2s1. The molecule has 2 aromatic carbocycles. The van der Waals surface area contributed by atoms with Gasteiger partial charge in [-0.05, 0) is 49.2 Å². The number of carbonyl (C=O) groups excluding carboxylic acids is 1. The van der Waals surface area contributed by atoms with Crippen molar-refractivity contribution < 1.29 is 18.3 Å². The molecule has 0 saturated carbocycles. The number of para-hydroxylation sites is 1. The lowest BCUT2D eigenvalue weighted by molar-refractivity contribution is 0.0895. The Balaban J connectivity index is 1.49. The second kappa shape index (κ2) is 8.01. The van der Waals surface area contributed by atoms with Gasteiger partial charge in [0.05, 0.1) is 28.4 Å². The van der Waals surface area contributed by atoms with Gasteiger partial charge >= 0.3 is 0 Å². The third-order valence-corrected chi connectivity index (χ3v) is 6.18. The molecule has 1 fully saturated rings. The molecular weight excluding hydrogens is 403 g/mol. The van der Waals surface area contributed by atoms with Gasteiger partial charge in [0.15, 0.2) is 10.9 Å². The van der Waals surface area contributed by atoms with Crippen LogP contribution in [-0.2, 0) is 4.74 Å². The summed E-state index contributed by atoms with van der Waals surface area (Å²) in [6.45, 7) is 1.10. The number of thiazole rings is 1. The van der Waals surface area contributed by atoms with Crippen molar-refractivity contribution in [2.45, 2.75) is 18.9 Å². The van der Waals surface area contributed by atoms with Crippen LogP contribution in [0.2, 0.25) is 0 Å². The Kier molecular flexibility index (Phi) is 5.06. The first kappa shape index (κ1) is 19.0. The molecule has 1 aliphatic rings. The lowest BCUT2D eigenvalue weighted by Crippen LogP contribution is -2.37. The van der Waals surface area contributed by atoms with Gasteiger partial charge in [-0.3, -0.25) is 9.69 Å². The highest BCUT2D eigenvalue weighted by Crippen LogP contribution is 2.32. The Bertz CT molecular complexity index is 1160. The van der Waals surface area contributed by atoms with Crippen molar-refractivity contribution in [3.05, 3.63) is 72.2 Å². The number of nitrogens with zero attached hydrogens (tertiary/aromatic N) is 2. The fraction of sp³-hybridized carbons (Fsp3) is 0.217. The standard InChI is InChI=1S/C23H19FN2O3S/c24-17-8-2-1-7-16(17)19-11-12-20(29-19)22(27)26(14-15-6-5-13-28-15)23-25-18-9-3-4-10-21(18)30-23/h1-4,7-12,15H,5-6,13-14H2/t15-/m0/s1. The summed E-state index contributed by atoms with van der Waals surface area (Å²) < 4.78 is 26.6. The topological polar surface area (TPSA) is 55.6 Å². The minimum Gasteiger partial charge on any atom is -0.451 e. The van der Waals surface area contributed by atoms with Gasteiger partial charge in [0.1, 0.15) is 11.6 Å². The molecule has 3 heterocycles. The van der Waals surface area contributed by atoms with Crippen molar-refractivity contribution in [3.63, 3.8) is 0 Å². The molecule has 5 nitrogen and oxygen atoms in total. The number of hydrogen-bond acceptors (Lipinski definition) is 5. The van der Waals surface area contributed by atoms with Gasteiger partial charge in [0.25, 0.3) is 5.91 Å². The summed E-state index contributed by atoms with van der Waals surface area (Å²) in [7, 11) is 0. The Morgan fingerprint density at radius 2 is 1.97 bits per heavy atom. The van der Waals surface area contributed by atoms with Crippen LogP contribution in [-0.4, -0.2) is 30.1 Å². The van der Waals surface area contributed by atoms with Gasteiger partial charge in [0, 0.05) is 6.61 Å². The maximum Gasteiger partial charge on any atom is 0.295 e. The molecule has 0 spiro atoms. The Hall–Kier alpha value is -3.03. The van der Waals surface area contributed by atoms with Crippen molar-refractivity contribution in [1.29, 1.82) is 0 Å². The molecule has 0 radical (unpaired) electrons. The van der Waals surface area contributed by atoms with E-state index in [0.717, 1.165) is 23.1 Å². The molecule has 30 heavy (non-hydrogen) atoms. The number of hydrogen-bond donors (Lipinski definition) is 0. The predicted octanol–water partition coefficient (Wildman–Crippen LogP) is 5.52. The highest BCUT2D eigenvalue weighted by Gasteiger charge is 2.29. The molecule has 0 aliphatic carbocycles. The number of rotatable bonds is 5. The number of furan rings is 1. The molecular formula is C23H19FN2O3S. The van der Waals surface area contributed by atoms with Gasteiger partial charge in [-0.15, -0.1) is 0 Å². The Morgan fingerprint density at radius 3 is 2.77 bits per heavy atom. The Labute approximate surface area is 176 Å². The van der Waals surface area contributed by atoms with Gasteiger partial charge in [-0.2, -0.15) is 0 Å². The molecule has 7 heteroatoms. The van der Waals surface area contributed by atoms with E-state index in [9.17, 15) is 9.18 Å². The smallest absolute Gasteiger partial charge is 0.295 e. The van der Waals surface area contributed by atoms with Gasteiger partial charge in [-0.1, -0.05) is 35.6 Å². The van der Waals surface area contributed by atoms with Crippen molar-refractivity contribution in [1.82, 2.24) is 4.98 Å². The second-order valence-electron chi connectivity index (χ2n) is 7.16. The molecule has 4 aromatic rings. The maximum absolute atomic E-state index is 14.1. The number of amides is 1. The van der Waals surface area contributed by atoms with Crippen LogP contribution in [0.1, 0.15) is 23.4 Å². The molecule has 5 rings (SSSR count). The van der Waals surface area contributed by atoms with Gasteiger partial charge in [-0.25, -0.2) is 9.37 Å². The number of anilines is 1. The quantitative estimate of drug-likeness (QED) is 0.425. The largest absolute Gasteiger partial charge is 0.451 e. The van der Waals surface area contributed by atoms with Crippen molar-refractivity contribution in [2.24, 2.45) is 0 Å². The molecule has 1 aliphatic heterocycles. The van der Waals surface area contributed by atoms with E-state index < -0.39 is 5.82 Å². The summed E-state index contributed by atoms with van der Waals surface area (Å²) in [4.78, 5) is 19.7. The fourth-order valence-electron chi connectivity index (χ4n) is 3.61. The minimum absolute atomic E-state index is 0.0398. The summed E-state index contributed by atoms with van der Waals surface area (Å²) >= 11 is 1.45. The van der Waals surface area contributed by atoms with Crippen molar-refractivity contribution in [2.75, 3.05) is 18.1 Å². The van der Waals surface area contributed by atoms with E-state index >= 15 is 0 Å². The highest BCUT2D eigenvalue weighted by molar-refractivity contribution is 7.22. The number of fused-ring (bicyclic) bond motifs is 1. The molecule has 0 N–H and O–H groups in total. The fourth-order valence-corrected chi connectivity index (χ4v) is 4.58. The van der Waals surface area contributed by atoms with Gasteiger partial charge < -0.3 is 9.15 Å². The van der Waals surface area contributed by atoms with E-state index in [-0.39, 0.29) is 17.8 Å². The number of ether oxygens (including phenoxy) is 1. The molecule has 2 aromatic heterocycles. The zero-order valence-electron chi connectivity index (χ0n) is 16.1. The first-order valence-corrected chi connectivity index (χ1v) is 10.6. The molecule has 152 valence electrons. The van der Waals surface area contributed by atoms with E-state index in [2.05, 4.69) is 4.98 Å². The average Bonchev–Trinajstić information content (AvgIpc) is 3.52. The lowest BCUT2D eigenvalue weighted by atomic mass is 10.1. The van der Waals surface area contributed by atoms with Crippen molar-refractivity contribution >= 4 is 32.6 Å². The van der Waals surface area contributed by atoms with Crippen LogP contribution in [0.3, 0.4) is 0 Å². The minimum atomic E-state index is -0.395. The molecule has 0 unspecified atom stereocenters. The van der Waals surface area contributed by atoms with Crippen LogP contribution in [0.15, 0.2) is 65.1 Å². The average molecular weight is 422 g/mol. The normalized spacial score (nSPS) is 16.2. The maximum atomic E-state index is 14.1. The third-order valence-electron chi connectivity index (χ3n) is 5.12. The summed E-state index contributed by atoms with van der Waals surface area (Å²) in [6, 6.07) is 17.3. The van der Waals surface area contributed by atoms with Crippen LogP contribution >= 0.6 is 11.3 Å². The third kappa shape index (κ3) is 3.62.